The van der Waals surface area contributed by atoms with Crippen LogP contribution in [0.1, 0.15) is 43.4 Å². The van der Waals surface area contributed by atoms with Crippen molar-refractivity contribution in [1.82, 2.24) is 25.3 Å². The molecule has 0 unspecified atom stereocenters. The molecule has 0 aromatic carbocycles. The molecular formula is C18H31N5O2. The molecule has 2 aliphatic rings. The third kappa shape index (κ3) is 4.45. The smallest absolute Gasteiger partial charge is 0.315 e. The van der Waals surface area contributed by atoms with E-state index < -0.39 is 0 Å². The molecular weight excluding hydrogens is 318 g/mol. The summed E-state index contributed by atoms with van der Waals surface area (Å²) in [5, 5.41) is 10.4. The second-order valence-electron chi connectivity index (χ2n) is 7.42. The molecule has 2 fully saturated rings. The van der Waals surface area contributed by atoms with Crippen molar-refractivity contribution in [2.45, 2.75) is 51.6 Å². The molecule has 0 radical (unpaired) electrons. The molecule has 0 bridgehead atoms. The first kappa shape index (κ1) is 18.0. The van der Waals surface area contributed by atoms with Crippen molar-refractivity contribution in [3.63, 3.8) is 0 Å². The molecule has 1 saturated carbocycles. The quantitative estimate of drug-likeness (QED) is 0.821. The van der Waals surface area contributed by atoms with Crippen LogP contribution in [0, 0.1) is 12.8 Å². The average Bonchev–Trinajstić information content (AvgIpc) is 3.28. The normalized spacial score (nSPS) is 21.6. The number of rotatable bonds is 6. The van der Waals surface area contributed by atoms with Gasteiger partial charge in [-0.05, 0) is 32.1 Å². The van der Waals surface area contributed by atoms with Gasteiger partial charge in [-0.2, -0.15) is 5.10 Å². The van der Waals surface area contributed by atoms with Crippen LogP contribution in [0.5, 0.6) is 5.88 Å². The Hall–Kier alpha value is -1.76. The Balaban J connectivity index is 1.42. The standard InChI is InChI=1S/C18H31N5O2/c1-13-16(17(25-3)22(2)21-13)10-19-18(24)20-15-8-9-23(12-15)11-14-6-4-5-7-14/h14-15H,4-12H2,1-3H3,(H2,19,20,24)/t15-/m1/s1. The highest BCUT2D eigenvalue weighted by Gasteiger charge is 2.27. The van der Waals surface area contributed by atoms with Crippen LogP contribution in [0.3, 0.4) is 0 Å². The number of methoxy groups -OCH3 is 1. The van der Waals surface area contributed by atoms with Gasteiger partial charge in [-0.3, -0.25) is 0 Å². The van der Waals surface area contributed by atoms with Crippen molar-refractivity contribution < 1.29 is 9.53 Å². The molecule has 7 nitrogen and oxygen atoms in total. The SMILES string of the molecule is COc1c(CNC(=O)N[C@@H]2CCN(CC3CCCC3)C2)c(C)nn1C. The third-order valence-corrected chi connectivity index (χ3v) is 5.51. The van der Waals surface area contributed by atoms with Crippen molar-refractivity contribution in [1.29, 1.82) is 0 Å². The predicted molar refractivity (Wildman–Crippen MR) is 96.7 cm³/mol. The number of nitrogens with one attached hydrogen (secondary N) is 2. The van der Waals surface area contributed by atoms with Gasteiger partial charge in [0.1, 0.15) is 0 Å². The largest absolute Gasteiger partial charge is 0.481 e. The zero-order chi connectivity index (χ0) is 17.8. The number of hydrogen-bond donors (Lipinski definition) is 2. The fraction of sp³-hybridized carbons (Fsp3) is 0.778. The van der Waals surface area contributed by atoms with Crippen molar-refractivity contribution in [2.75, 3.05) is 26.7 Å². The molecule has 1 saturated heterocycles. The summed E-state index contributed by atoms with van der Waals surface area (Å²) < 4.78 is 7.06. The fourth-order valence-electron chi connectivity index (χ4n) is 4.22. The van der Waals surface area contributed by atoms with Crippen molar-refractivity contribution in [2.24, 2.45) is 13.0 Å². The maximum Gasteiger partial charge on any atom is 0.315 e. The van der Waals surface area contributed by atoms with Gasteiger partial charge in [0.2, 0.25) is 5.88 Å². The number of carbonyl (C=O) groups excluding carboxylic acids is 1. The van der Waals surface area contributed by atoms with Gasteiger partial charge in [0.25, 0.3) is 0 Å². The van der Waals surface area contributed by atoms with Gasteiger partial charge in [-0.15, -0.1) is 0 Å². The highest BCUT2D eigenvalue weighted by Crippen LogP contribution is 2.26. The predicted octanol–water partition coefficient (Wildman–Crippen LogP) is 1.80. The lowest BCUT2D eigenvalue weighted by atomic mass is 10.1. The number of carbonyl (C=O) groups is 1. The van der Waals surface area contributed by atoms with Gasteiger partial charge in [0.15, 0.2) is 0 Å². The van der Waals surface area contributed by atoms with E-state index >= 15 is 0 Å². The van der Waals surface area contributed by atoms with E-state index in [4.69, 9.17) is 4.74 Å². The highest BCUT2D eigenvalue weighted by atomic mass is 16.5. The lowest BCUT2D eigenvalue weighted by Gasteiger charge is -2.20. The molecule has 25 heavy (non-hydrogen) atoms. The molecule has 2 amide bonds. The number of likely N-dealkylation sites (tertiary alicyclic amines) is 1. The Labute approximate surface area is 150 Å². The molecule has 7 heteroatoms. The van der Waals surface area contributed by atoms with Crippen LogP contribution in [0.25, 0.3) is 0 Å². The monoisotopic (exact) mass is 349 g/mol. The van der Waals surface area contributed by atoms with Crippen LogP contribution in [0.4, 0.5) is 4.79 Å². The number of amides is 2. The van der Waals surface area contributed by atoms with Crippen LogP contribution >= 0.6 is 0 Å². The number of urea groups is 1. The van der Waals surface area contributed by atoms with Crippen LogP contribution < -0.4 is 15.4 Å². The van der Waals surface area contributed by atoms with Crippen LogP contribution in [0.2, 0.25) is 0 Å². The van der Waals surface area contributed by atoms with E-state index in [0.717, 1.165) is 36.7 Å². The molecule has 1 aliphatic heterocycles. The Bertz CT molecular complexity index is 595. The summed E-state index contributed by atoms with van der Waals surface area (Å²) in [6, 6.07) is 0.135. The van der Waals surface area contributed by atoms with E-state index in [2.05, 4.69) is 20.6 Å². The first-order chi connectivity index (χ1) is 12.1. The summed E-state index contributed by atoms with van der Waals surface area (Å²) >= 11 is 0. The Morgan fingerprint density at radius 3 is 2.80 bits per heavy atom. The molecule has 1 aliphatic carbocycles. The number of nitrogens with zero attached hydrogens (tertiary/aromatic N) is 3. The van der Waals surface area contributed by atoms with Crippen LogP contribution in [-0.2, 0) is 13.6 Å². The summed E-state index contributed by atoms with van der Waals surface area (Å²) in [5.41, 5.74) is 1.80. The lowest BCUT2D eigenvalue weighted by molar-refractivity contribution is 0.234. The second kappa shape index (κ2) is 8.08. The molecule has 0 spiro atoms. The Morgan fingerprint density at radius 2 is 2.08 bits per heavy atom. The molecule has 1 aromatic heterocycles. The minimum Gasteiger partial charge on any atom is -0.481 e. The summed E-state index contributed by atoms with van der Waals surface area (Å²) in [6.07, 6.45) is 6.57. The van der Waals surface area contributed by atoms with Gasteiger partial charge in [0, 0.05) is 32.7 Å². The van der Waals surface area contributed by atoms with E-state index in [1.807, 2.05) is 14.0 Å². The minimum absolute atomic E-state index is 0.113. The molecule has 140 valence electrons. The van der Waals surface area contributed by atoms with Crippen molar-refractivity contribution in [3.8, 4) is 5.88 Å². The minimum atomic E-state index is -0.113. The summed E-state index contributed by atoms with van der Waals surface area (Å²) in [4.78, 5) is 14.7. The maximum atomic E-state index is 12.2. The van der Waals surface area contributed by atoms with Gasteiger partial charge in [-0.1, -0.05) is 12.8 Å². The zero-order valence-corrected chi connectivity index (χ0v) is 15.7. The van der Waals surface area contributed by atoms with Crippen LogP contribution in [-0.4, -0.2) is 53.5 Å². The average molecular weight is 349 g/mol. The van der Waals surface area contributed by atoms with Crippen molar-refractivity contribution >= 4 is 6.03 Å². The topological polar surface area (TPSA) is 71.4 Å². The van der Waals surface area contributed by atoms with E-state index in [1.54, 1.807) is 11.8 Å². The first-order valence-electron chi connectivity index (χ1n) is 9.40. The van der Waals surface area contributed by atoms with Crippen molar-refractivity contribution in [3.05, 3.63) is 11.3 Å². The second-order valence-corrected chi connectivity index (χ2v) is 7.42. The third-order valence-electron chi connectivity index (χ3n) is 5.51. The Morgan fingerprint density at radius 1 is 1.32 bits per heavy atom. The van der Waals surface area contributed by atoms with Gasteiger partial charge >= 0.3 is 6.03 Å². The van der Waals surface area contributed by atoms with Gasteiger partial charge in [0.05, 0.1) is 24.9 Å². The summed E-state index contributed by atoms with van der Waals surface area (Å²) in [7, 11) is 3.46. The fourth-order valence-corrected chi connectivity index (χ4v) is 4.22. The number of hydrogen-bond acceptors (Lipinski definition) is 4. The first-order valence-corrected chi connectivity index (χ1v) is 9.40. The van der Waals surface area contributed by atoms with Crippen LogP contribution in [0.15, 0.2) is 0 Å². The van der Waals surface area contributed by atoms with E-state index in [0.29, 0.717) is 12.4 Å². The molecule has 1 atom stereocenters. The highest BCUT2D eigenvalue weighted by molar-refractivity contribution is 5.74. The molecule has 2 N–H and O–H groups in total. The van der Waals surface area contributed by atoms with E-state index in [-0.39, 0.29) is 12.1 Å². The van der Waals surface area contributed by atoms with E-state index in [9.17, 15) is 4.79 Å². The molecule has 3 rings (SSSR count). The molecule has 1 aromatic rings. The number of ether oxygens (including phenoxy) is 1. The van der Waals surface area contributed by atoms with Gasteiger partial charge < -0.3 is 20.3 Å². The maximum absolute atomic E-state index is 12.2. The van der Waals surface area contributed by atoms with E-state index in [1.165, 1.54) is 32.2 Å². The lowest BCUT2D eigenvalue weighted by Crippen LogP contribution is -2.43. The van der Waals surface area contributed by atoms with Gasteiger partial charge in [-0.25, -0.2) is 9.48 Å². The summed E-state index contributed by atoms with van der Waals surface area (Å²) in [5.74, 6) is 1.56. The summed E-state index contributed by atoms with van der Waals surface area (Å²) in [6.45, 7) is 5.62. The Kier molecular flexibility index (Phi) is 5.83. The number of aromatic nitrogens is 2. The zero-order valence-electron chi connectivity index (χ0n) is 15.7. The number of aryl methyl sites for hydroxylation is 2. The molecule has 2 heterocycles.